The number of nitriles is 1. The van der Waals surface area contributed by atoms with Crippen LogP contribution in [0.15, 0.2) is 22.7 Å². The van der Waals surface area contributed by atoms with Crippen LogP contribution in [0.1, 0.15) is 17.5 Å². The lowest BCUT2D eigenvalue weighted by atomic mass is 10.1. The molecule has 0 atom stereocenters. The van der Waals surface area contributed by atoms with Crippen molar-refractivity contribution in [3.05, 3.63) is 33.8 Å². The molecular formula is C10H10BrNO. The highest BCUT2D eigenvalue weighted by atomic mass is 79.9. The zero-order valence-electron chi connectivity index (χ0n) is 7.13. The molecule has 0 aliphatic rings. The maximum absolute atomic E-state index is 8.90. The van der Waals surface area contributed by atoms with Crippen molar-refractivity contribution < 1.29 is 5.11 Å². The molecule has 0 amide bonds. The van der Waals surface area contributed by atoms with Gasteiger partial charge < -0.3 is 5.11 Å². The molecule has 2 nitrogen and oxygen atoms in total. The molecular weight excluding hydrogens is 230 g/mol. The van der Waals surface area contributed by atoms with E-state index >= 15 is 0 Å². The predicted molar refractivity (Wildman–Crippen MR) is 54.0 cm³/mol. The van der Waals surface area contributed by atoms with Gasteiger partial charge in [0.2, 0.25) is 0 Å². The summed E-state index contributed by atoms with van der Waals surface area (Å²) in [5, 5.41) is 17.3. The van der Waals surface area contributed by atoms with Crippen molar-refractivity contribution in [2.45, 2.75) is 19.4 Å². The summed E-state index contributed by atoms with van der Waals surface area (Å²) < 4.78 is 1.000. The van der Waals surface area contributed by atoms with Gasteiger partial charge in [0.05, 0.1) is 12.7 Å². The first-order valence-electron chi connectivity index (χ1n) is 4.03. The van der Waals surface area contributed by atoms with Gasteiger partial charge in [0.25, 0.3) is 0 Å². The summed E-state index contributed by atoms with van der Waals surface area (Å²) in [6.07, 6.45) is 1.23. The normalized spacial score (nSPS) is 9.62. The lowest BCUT2D eigenvalue weighted by molar-refractivity contribution is 0.281. The number of aryl methyl sites for hydroxylation is 1. The van der Waals surface area contributed by atoms with Crippen LogP contribution in [0, 0.1) is 11.3 Å². The largest absolute Gasteiger partial charge is 0.392 e. The van der Waals surface area contributed by atoms with E-state index in [4.69, 9.17) is 10.4 Å². The summed E-state index contributed by atoms with van der Waals surface area (Å²) in [7, 11) is 0. The van der Waals surface area contributed by atoms with Crippen LogP contribution in [0.4, 0.5) is 0 Å². The van der Waals surface area contributed by atoms with E-state index < -0.39 is 0 Å². The molecule has 0 radical (unpaired) electrons. The smallest absolute Gasteiger partial charge is 0.0681 e. The van der Waals surface area contributed by atoms with Gasteiger partial charge in [-0.2, -0.15) is 5.26 Å². The third-order valence-corrected chi connectivity index (χ3v) is 2.57. The van der Waals surface area contributed by atoms with Gasteiger partial charge in [-0.3, -0.25) is 0 Å². The minimum atomic E-state index is 0.0484. The van der Waals surface area contributed by atoms with Crippen LogP contribution in [0.25, 0.3) is 0 Å². The van der Waals surface area contributed by atoms with E-state index in [0.29, 0.717) is 6.42 Å². The number of hydrogen-bond acceptors (Lipinski definition) is 2. The third kappa shape index (κ3) is 2.83. The van der Waals surface area contributed by atoms with Gasteiger partial charge in [0, 0.05) is 10.9 Å². The van der Waals surface area contributed by atoms with E-state index in [1.54, 1.807) is 0 Å². The molecule has 1 aromatic carbocycles. The van der Waals surface area contributed by atoms with Gasteiger partial charge in [-0.05, 0) is 23.6 Å². The Labute approximate surface area is 85.9 Å². The Kier molecular flexibility index (Phi) is 3.94. The Balaban J connectivity index is 2.85. The van der Waals surface area contributed by atoms with Gasteiger partial charge in [-0.1, -0.05) is 28.1 Å². The summed E-state index contributed by atoms with van der Waals surface area (Å²) >= 11 is 3.40. The fourth-order valence-corrected chi connectivity index (χ4v) is 1.55. The third-order valence-electron chi connectivity index (χ3n) is 1.80. The SMILES string of the molecule is N#CCCc1cc(CO)ccc1Br. The zero-order valence-corrected chi connectivity index (χ0v) is 8.71. The molecule has 0 saturated carbocycles. The fraction of sp³-hybridized carbons (Fsp3) is 0.300. The molecule has 0 unspecified atom stereocenters. The maximum Gasteiger partial charge on any atom is 0.0681 e. The highest BCUT2D eigenvalue weighted by Crippen LogP contribution is 2.19. The average Bonchev–Trinajstić information content (AvgIpc) is 2.17. The van der Waals surface area contributed by atoms with Crippen LogP contribution in [-0.4, -0.2) is 5.11 Å². The zero-order chi connectivity index (χ0) is 9.68. The topological polar surface area (TPSA) is 44.0 Å². The van der Waals surface area contributed by atoms with Gasteiger partial charge in [-0.25, -0.2) is 0 Å². The fourth-order valence-electron chi connectivity index (χ4n) is 1.11. The Morgan fingerprint density at radius 3 is 2.85 bits per heavy atom. The van der Waals surface area contributed by atoms with Gasteiger partial charge in [0.15, 0.2) is 0 Å². The van der Waals surface area contributed by atoms with Crippen LogP contribution in [0.2, 0.25) is 0 Å². The van der Waals surface area contributed by atoms with Crippen LogP contribution >= 0.6 is 15.9 Å². The monoisotopic (exact) mass is 239 g/mol. The Morgan fingerprint density at radius 2 is 2.23 bits per heavy atom. The minimum Gasteiger partial charge on any atom is -0.392 e. The molecule has 0 spiro atoms. The summed E-state index contributed by atoms with van der Waals surface area (Å²) in [6.45, 7) is 0.0484. The Morgan fingerprint density at radius 1 is 1.46 bits per heavy atom. The van der Waals surface area contributed by atoms with Gasteiger partial charge >= 0.3 is 0 Å². The lowest BCUT2D eigenvalue weighted by Gasteiger charge is -2.03. The Hall–Kier alpha value is -0.850. The van der Waals surface area contributed by atoms with E-state index in [0.717, 1.165) is 22.0 Å². The van der Waals surface area contributed by atoms with Gasteiger partial charge in [0.1, 0.15) is 0 Å². The average molecular weight is 240 g/mol. The summed E-state index contributed by atoms with van der Waals surface area (Å²) in [6, 6.07) is 7.78. The first-order chi connectivity index (χ1) is 6.27. The summed E-state index contributed by atoms with van der Waals surface area (Å²) in [5.41, 5.74) is 1.96. The van der Waals surface area contributed by atoms with E-state index in [9.17, 15) is 0 Å². The standard InChI is InChI=1S/C10H10BrNO/c11-10-4-3-8(7-13)6-9(10)2-1-5-12/h3-4,6,13H,1-2,7H2. The Bertz CT molecular complexity index is 330. The molecule has 1 N–H and O–H groups in total. The van der Waals surface area contributed by atoms with Crippen molar-refractivity contribution in [2.75, 3.05) is 0 Å². The number of halogens is 1. The van der Waals surface area contributed by atoms with Crippen molar-refractivity contribution >= 4 is 15.9 Å². The van der Waals surface area contributed by atoms with Crippen LogP contribution in [0.3, 0.4) is 0 Å². The molecule has 1 rings (SSSR count). The highest BCUT2D eigenvalue weighted by Gasteiger charge is 2.00. The van der Waals surface area contributed by atoms with E-state index in [1.807, 2.05) is 18.2 Å². The number of nitrogens with zero attached hydrogens (tertiary/aromatic N) is 1. The molecule has 3 heteroatoms. The van der Waals surface area contributed by atoms with Crippen molar-refractivity contribution in [3.8, 4) is 6.07 Å². The second-order valence-corrected chi connectivity index (χ2v) is 3.60. The van der Waals surface area contributed by atoms with E-state index in [2.05, 4.69) is 22.0 Å². The molecule has 0 aliphatic heterocycles. The quantitative estimate of drug-likeness (QED) is 0.881. The molecule has 68 valence electrons. The number of aliphatic hydroxyl groups is 1. The molecule has 0 aliphatic carbocycles. The summed E-state index contributed by atoms with van der Waals surface area (Å²) in [4.78, 5) is 0. The number of hydrogen-bond donors (Lipinski definition) is 1. The molecule has 0 heterocycles. The maximum atomic E-state index is 8.90. The van der Waals surface area contributed by atoms with E-state index in [1.165, 1.54) is 0 Å². The van der Waals surface area contributed by atoms with E-state index in [-0.39, 0.29) is 6.61 Å². The second-order valence-electron chi connectivity index (χ2n) is 2.74. The second kappa shape index (κ2) is 5.00. The van der Waals surface area contributed by atoms with Crippen molar-refractivity contribution in [3.63, 3.8) is 0 Å². The minimum absolute atomic E-state index is 0.0484. The first-order valence-corrected chi connectivity index (χ1v) is 4.82. The van der Waals surface area contributed by atoms with Crippen molar-refractivity contribution in [2.24, 2.45) is 0 Å². The lowest BCUT2D eigenvalue weighted by Crippen LogP contribution is -1.90. The van der Waals surface area contributed by atoms with Gasteiger partial charge in [-0.15, -0.1) is 0 Å². The molecule has 0 aromatic heterocycles. The molecule has 13 heavy (non-hydrogen) atoms. The molecule has 0 bridgehead atoms. The molecule has 1 aromatic rings. The molecule has 0 saturated heterocycles. The summed E-state index contributed by atoms with van der Waals surface area (Å²) in [5.74, 6) is 0. The number of benzene rings is 1. The van der Waals surface area contributed by atoms with Crippen LogP contribution in [-0.2, 0) is 13.0 Å². The van der Waals surface area contributed by atoms with Crippen molar-refractivity contribution in [1.29, 1.82) is 5.26 Å². The highest BCUT2D eigenvalue weighted by molar-refractivity contribution is 9.10. The van der Waals surface area contributed by atoms with Crippen LogP contribution < -0.4 is 0 Å². The predicted octanol–water partition coefficient (Wildman–Crippen LogP) is 2.40. The number of rotatable bonds is 3. The molecule has 0 fully saturated rings. The number of aliphatic hydroxyl groups excluding tert-OH is 1. The van der Waals surface area contributed by atoms with Crippen LogP contribution in [0.5, 0.6) is 0 Å². The van der Waals surface area contributed by atoms with Crippen molar-refractivity contribution in [1.82, 2.24) is 0 Å². The first kappa shape index (κ1) is 10.2.